The van der Waals surface area contributed by atoms with E-state index in [2.05, 4.69) is 11.9 Å². The molecule has 2 aliphatic heterocycles. The SMILES string of the molecule is CN1CCC2(CC(=O)C3CCC3O2)C1. The van der Waals surface area contributed by atoms with E-state index in [-0.39, 0.29) is 17.6 Å². The van der Waals surface area contributed by atoms with Gasteiger partial charge in [0.1, 0.15) is 5.78 Å². The van der Waals surface area contributed by atoms with Gasteiger partial charge in [-0.3, -0.25) is 4.79 Å². The van der Waals surface area contributed by atoms with Gasteiger partial charge in [-0.05, 0) is 26.3 Å². The first-order valence-electron chi connectivity index (χ1n) is 5.58. The number of rotatable bonds is 0. The maximum absolute atomic E-state index is 11.8. The van der Waals surface area contributed by atoms with Gasteiger partial charge in [0, 0.05) is 25.4 Å². The Bertz CT molecular complexity index is 278. The molecule has 0 radical (unpaired) electrons. The van der Waals surface area contributed by atoms with Crippen LogP contribution in [0.25, 0.3) is 0 Å². The number of Topliss-reactive ketones (excluding diaryl/α,β-unsaturated/α-hetero) is 1. The van der Waals surface area contributed by atoms with Gasteiger partial charge < -0.3 is 9.64 Å². The number of carbonyl (C=O) groups excluding carboxylic acids is 1. The molecule has 0 N–H and O–H groups in total. The summed E-state index contributed by atoms with van der Waals surface area (Å²) >= 11 is 0. The molecule has 0 bridgehead atoms. The molecular formula is C11H17NO2. The highest BCUT2D eigenvalue weighted by molar-refractivity contribution is 5.84. The third kappa shape index (κ3) is 1.15. The Labute approximate surface area is 84.4 Å². The van der Waals surface area contributed by atoms with Crippen LogP contribution in [0.2, 0.25) is 0 Å². The van der Waals surface area contributed by atoms with E-state index in [1.165, 1.54) is 0 Å². The van der Waals surface area contributed by atoms with Crippen LogP contribution < -0.4 is 0 Å². The molecule has 3 aliphatic rings. The largest absolute Gasteiger partial charge is 0.369 e. The predicted octanol–water partition coefficient (Wildman–Crippen LogP) is 0.829. The molecule has 1 saturated carbocycles. The van der Waals surface area contributed by atoms with Gasteiger partial charge in [-0.2, -0.15) is 0 Å². The van der Waals surface area contributed by atoms with Crippen LogP contribution in [0.3, 0.4) is 0 Å². The van der Waals surface area contributed by atoms with E-state index in [4.69, 9.17) is 4.74 Å². The minimum Gasteiger partial charge on any atom is -0.369 e. The van der Waals surface area contributed by atoms with Crippen LogP contribution in [0, 0.1) is 5.92 Å². The van der Waals surface area contributed by atoms with Gasteiger partial charge in [0.2, 0.25) is 0 Å². The van der Waals surface area contributed by atoms with E-state index < -0.39 is 0 Å². The van der Waals surface area contributed by atoms with Crippen molar-refractivity contribution in [3.8, 4) is 0 Å². The summed E-state index contributed by atoms with van der Waals surface area (Å²) in [6.07, 6.45) is 4.14. The summed E-state index contributed by atoms with van der Waals surface area (Å²) in [7, 11) is 2.11. The van der Waals surface area contributed by atoms with Crippen LogP contribution >= 0.6 is 0 Å². The average molecular weight is 195 g/mol. The maximum atomic E-state index is 11.8. The maximum Gasteiger partial charge on any atom is 0.141 e. The molecule has 3 rings (SSSR count). The molecule has 0 aromatic rings. The Kier molecular flexibility index (Phi) is 1.77. The first-order valence-corrected chi connectivity index (χ1v) is 5.58. The van der Waals surface area contributed by atoms with Crippen molar-refractivity contribution in [1.82, 2.24) is 4.90 Å². The summed E-state index contributed by atoms with van der Waals surface area (Å²) in [5, 5.41) is 0. The number of carbonyl (C=O) groups is 1. The molecule has 3 atom stereocenters. The third-order valence-corrected chi connectivity index (χ3v) is 4.03. The Hall–Kier alpha value is -0.410. The number of likely N-dealkylation sites (N-methyl/N-ethyl adjacent to an activating group) is 1. The van der Waals surface area contributed by atoms with Gasteiger partial charge in [0.05, 0.1) is 11.7 Å². The summed E-state index contributed by atoms with van der Waals surface area (Å²) in [4.78, 5) is 14.1. The number of likely N-dealkylation sites (tertiary alicyclic amines) is 1. The smallest absolute Gasteiger partial charge is 0.141 e. The molecule has 14 heavy (non-hydrogen) atoms. The van der Waals surface area contributed by atoms with E-state index in [0.29, 0.717) is 12.2 Å². The monoisotopic (exact) mass is 195 g/mol. The summed E-state index contributed by atoms with van der Waals surface area (Å²) < 4.78 is 6.11. The Balaban J connectivity index is 1.79. The second-order valence-electron chi connectivity index (χ2n) is 5.15. The third-order valence-electron chi connectivity index (χ3n) is 4.03. The fourth-order valence-corrected chi connectivity index (χ4v) is 3.08. The molecule has 78 valence electrons. The van der Waals surface area contributed by atoms with Crippen molar-refractivity contribution >= 4 is 5.78 Å². The number of ether oxygens (including phenoxy) is 1. The highest BCUT2D eigenvalue weighted by atomic mass is 16.5. The molecule has 0 amide bonds. The van der Waals surface area contributed by atoms with Crippen LogP contribution in [0.1, 0.15) is 25.7 Å². The predicted molar refractivity (Wildman–Crippen MR) is 52.1 cm³/mol. The first-order chi connectivity index (χ1) is 6.69. The zero-order valence-electron chi connectivity index (χ0n) is 8.66. The number of ketones is 1. The van der Waals surface area contributed by atoms with E-state index in [1.54, 1.807) is 0 Å². The topological polar surface area (TPSA) is 29.5 Å². The zero-order valence-corrected chi connectivity index (χ0v) is 8.66. The van der Waals surface area contributed by atoms with Crippen LogP contribution in [0.4, 0.5) is 0 Å². The van der Waals surface area contributed by atoms with Crippen molar-refractivity contribution in [2.24, 2.45) is 5.92 Å². The molecular weight excluding hydrogens is 178 g/mol. The average Bonchev–Trinajstić information content (AvgIpc) is 2.40. The second-order valence-corrected chi connectivity index (χ2v) is 5.15. The molecule has 3 heteroatoms. The van der Waals surface area contributed by atoms with Gasteiger partial charge >= 0.3 is 0 Å². The van der Waals surface area contributed by atoms with E-state index in [0.717, 1.165) is 32.4 Å². The summed E-state index contributed by atoms with van der Waals surface area (Å²) in [6, 6.07) is 0. The van der Waals surface area contributed by atoms with Crippen LogP contribution in [-0.4, -0.2) is 42.5 Å². The highest BCUT2D eigenvalue weighted by Gasteiger charge is 2.52. The van der Waals surface area contributed by atoms with Crippen LogP contribution in [0.5, 0.6) is 0 Å². The Morgan fingerprint density at radius 1 is 1.50 bits per heavy atom. The van der Waals surface area contributed by atoms with Crippen molar-refractivity contribution in [2.75, 3.05) is 20.1 Å². The molecule has 2 heterocycles. The van der Waals surface area contributed by atoms with Gasteiger partial charge in [-0.1, -0.05) is 0 Å². The zero-order chi connectivity index (χ0) is 9.76. The quantitative estimate of drug-likeness (QED) is 0.573. The lowest BCUT2D eigenvalue weighted by atomic mass is 9.72. The minimum absolute atomic E-state index is 0.104. The molecule has 1 aliphatic carbocycles. The lowest BCUT2D eigenvalue weighted by molar-refractivity contribution is -0.187. The summed E-state index contributed by atoms with van der Waals surface area (Å²) in [5.74, 6) is 0.717. The Morgan fingerprint density at radius 2 is 2.36 bits per heavy atom. The molecule has 3 nitrogen and oxygen atoms in total. The minimum atomic E-state index is -0.104. The molecule has 0 aromatic carbocycles. The van der Waals surface area contributed by atoms with Crippen molar-refractivity contribution < 1.29 is 9.53 Å². The van der Waals surface area contributed by atoms with Crippen LogP contribution in [-0.2, 0) is 9.53 Å². The van der Waals surface area contributed by atoms with E-state index in [1.807, 2.05) is 0 Å². The van der Waals surface area contributed by atoms with Gasteiger partial charge in [-0.25, -0.2) is 0 Å². The molecule has 0 aromatic heterocycles. The van der Waals surface area contributed by atoms with Crippen molar-refractivity contribution in [3.05, 3.63) is 0 Å². The van der Waals surface area contributed by atoms with Crippen molar-refractivity contribution in [2.45, 2.75) is 37.4 Å². The number of hydrogen-bond donors (Lipinski definition) is 0. The first kappa shape index (κ1) is 8.86. The van der Waals surface area contributed by atoms with Crippen LogP contribution in [0.15, 0.2) is 0 Å². The van der Waals surface area contributed by atoms with Crippen molar-refractivity contribution in [1.29, 1.82) is 0 Å². The molecule has 2 saturated heterocycles. The highest BCUT2D eigenvalue weighted by Crippen LogP contribution is 2.44. The fourth-order valence-electron chi connectivity index (χ4n) is 3.08. The van der Waals surface area contributed by atoms with Gasteiger partial charge in [0.15, 0.2) is 0 Å². The van der Waals surface area contributed by atoms with E-state index in [9.17, 15) is 4.79 Å². The summed E-state index contributed by atoms with van der Waals surface area (Å²) in [6.45, 7) is 2.02. The lowest BCUT2D eigenvalue weighted by Gasteiger charge is -2.47. The summed E-state index contributed by atoms with van der Waals surface area (Å²) in [5.41, 5.74) is -0.104. The van der Waals surface area contributed by atoms with Crippen molar-refractivity contribution in [3.63, 3.8) is 0 Å². The van der Waals surface area contributed by atoms with E-state index >= 15 is 0 Å². The molecule has 3 unspecified atom stereocenters. The molecule has 1 spiro atoms. The number of nitrogens with zero attached hydrogens (tertiary/aromatic N) is 1. The standard InChI is InChI=1S/C11H17NO2/c1-12-5-4-11(7-12)6-9(13)8-2-3-10(8)14-11/h8,10H,2-7H2,1H3. The van der Waals surface area contributed by atoms with Gasteiger partial charge in [-0.15, -0.1) is 0 Å². The number of fused-ring (bicyclic) bond motifs is 1. The lowest BCUT2D eigenvalue weighted by Crippen LogP contribution is -2.55. The fraction of sp³-hybridized carbons (Fsp3) is 0.909. The second kappa shape index (κ2) is 2.80. The van der Waals surface area contributed by atoms with Gasteiger partial charge in [0.25, 0.3) is 0 Å². The normalized spacial score (nSPS) is 47.9. The number of hydrogen-bond acceptors (Lipinski definition) is 3. The molecule has 3 fully saturated rings. The Morgan fingerprint density at radius 3 is 2.86 bits per heavy atom.